The highest BCUT2D eigenvalue weighted by atomic mass is 35.5. The van der Waals surface area contributed by atoms with Crippen molar-refractivity contribution in [3.63, 3.8) is 0 Å². The number of methoxy groups -OCH3 is 2. The molecule has 28 heavy (non-hydrogen) atoms. The largest absolute Gasteiger partial charge is 0.493 e. The van der Waals surface area contributed by atoms with E-state index >= 15 is 0 Å². The molecule has 0 spiro atoms. The van der Waals surface area contributed by atoms with Crippen molar-refractivity contribution >= 4 is 24.0 Å². The van der Waals surface area contributed by atoms with E-state index in [1.54, 1.807) is 19.2 Å². The zero-order chi connectivity index (χ0) is 20.2. The number of carbonyl (C=O) groups is 1. The standard InChI is InChI=1S/C19H28N4O4.ClH/c1-11(20-5)8-16-22-17(27-23-16)12-9-14(25-6)15(26-7)10-13(12)21-18(24)19(2,3)4;/h9-11,20H,8H2,1-7H3,(H,21,24);1H. The number of hydrogen-bond donors (Lipinski definition) is 2. The highest BCUT2D eigenvalue weighted by Crippen LogP contribution is 2.38. The molecule has 1 heterocycles. The fourth-order valence-electron chi connectivity index (χ4n) is 2.29. The van der Waals surface area contributed by atoms with Crippen LogP contribution in [0.3, 0.4) is 0 Å². The highest BCUT2D eigenvalue weighted by molar-refractivity contribution is 5.98. The van der Waals surface area contributed by atoms with Gasteiger partial charge in [-0.15, -0.1) is 12.4 Å². The predicted molar refractivity (Wildman–Crippen MR) is 110 cm³/mol. The normalized spacial score (nSPS) is 12.1. The van der Waals surface area contributed by atoms with E-state index in [0.29, 0.717) is 40.9 Å². The first kappa shape index (κ1) is 23.7. The van der Waals surface area contributed by atoms with Crippen LogP contribution in [-0.2, 0) is 11.2 Å². The second-order valence-electron chi connectivity index (χ2n) is 7.37. The minimum atomic E-state index is -0.563. The average molecular weight is 413 g/mol. The third-order valence-electron chi connectivity index (χ3n) is 4.13. The molecule has 1 aromatic heterocycles. The summed E-state index contributed by atoms with van der Waals surface area (Å²) in [5.74, 6) is 1.74. The molecule has 1 amide bonds. The molecule has 2 rings (SSSR count). The van der Waals surface area contributed by atoms with Crippen molar-refractivity contribution in [2.75, 3.05) is 26.6 Å². The van der Waals surface area contributed by atoms with Gasteiger partial charge < -0.3 is 24.6 Å². The lowest BCUT2D eigenvalue weighted by Crippen LogP contribution is -2.27. The Hall–Kier alpha value is -2.32. The minimum absolute atomic E-state index is 0. The number of hydrogen-bond acceptors (Lipinski definition) is 7. The number of halogens is 1. The summed E-state index contributed by atoms with van der Waals surface area (Å²) in [5.41, 5.74) is 0.526. The van der Waals surface area contributed by atoms with Crippen LogP contribution in [0.15, 0.2) is 16.7 Å². The summed E-state index contributed by atoms with van der Waals surface area (Å²) in [6.07, 6.45) is 0.622. The number of ether oxygens (including phenoxy) is 2. The number of nitrogens with one attached hydrogen (secondary N) is 2. The van der Waals surface area contributed by atoms with Crippen molar-refractivity contribution in [1.29, 1.82) is 0 Å². The van der Waals surface area contributed by atoms with Crippen molar-refractivity contribution in [3.8, 4) is 23.0 Å². The molecule has 0 radical (unpaired) electrons. The number of benzene rings is 1. The van der Waals surface area contributed by atoms with Crippen LogP contribution in [0.1, 0.15) is 33.5 Å². The lowest BCUT2D eigenvalue weighted by atomic mass is 9.95. The Morgan fingerprint density at radius 3 is 2.36 bits per heavy atom. The lowest BCUT2D eigenvalue weighted by molar-refractivity contribution is -0.123. The zero-order valence-corrected chi connectivity index (χ0v) is 18.2. The van der Waals surface area contributed by atoms with E-state index in [9.17, 15) is 4.79 Å². The molecule has 0 saturated heterocycles. The van der Waals surface area contributed by atoms with Crippen molar-refractivity contribution in [3.05, 3.63) is 18.0 Å². The SMILES string of the molecule is CNC(C)Cc1noc(-c2cc(OC)c(OC)cc2NC(=O)C(C)(C)C)n1.Cl. The molecule has 0 saturated carbocycles. The Labute approximate surface area is 171 Å². The van der Waals surface area contributed by atoms with Crippen LogP contribution in [0.2, 0.25) is 0 Å². The molecule has 156 valence electrons. The Balaban J connectivity index is 0.00000392. The fraction of sp³-hybridized carbons (Fsp3) is 0.526. The van der Waals surface area contributed by atoms with Crippen molar-refractivity contribution in [2.24, 2.45) is 5.41 Å². The Kier molecular flexibility index (Phi) is 8.26. The van der Waals surface area contributed by atoms with Crippen LogP contribution in [0.25, 0.3) is 11.5 Å². The molecule has 1 atom stereocenters. The summed E-state index contributed by atoms with van der Waals surface area (Å²) in [6, 6.07) is 3.62. The van der Waals surface area contributed by atoms with Gasteiger partial charge >= 0.3 is 0 Å². The first-order valence-electron chi connectivity index (χ1n) is 8.77. The van der Waals surface area contributed by atoms with Gasteiger partial charge in [0.1, 0.15) is 0 Å². The number of anilines is 1. The molecule has 2 aromatic rings. The van der Waals surface area contributed by atoms with E-state index in [1.807, 2.05) is 34.7 Å². The highest BCUT2D eigenvalue weighted by Gasteiger charge is 2.25. The monoisotopic (exact) mass is 412 g/mol. The maximum absolute atomic E-state index is 12.5. The van der Waals surface area contributed by atoms with Gasteiger partial charge in [0.05, 0.1) is 25.5 Å². The molecular formula is C19H29ClN4O4. The van der Waals surface area contributed by atoms with E-state index < -0.39 is 5.41 Å². The Morgan fingerprint density at radius 2 is 1.82 bits per heavy atom. The van der Waals surface area contributed by atoms with Crippen molar-refractivity contribution in [2.45, 2.75) is 40.2 Å². The Bertz CT molecular complexity index is 802. The summed E-state index contributed by atoms with van der Waals surface area (Å²) < 4.78 is 16.2. The van der Waals surface area contributed by atoms with E-state index in [4.69, 9.17) is 14.0 Å². The predicted octanol–water partition coefficient (Wildman–Crippen LogP) is 3.31. The van der Waals surface area contributed by atoms with Crippen LogP contribution in [0.4, 0.5) is 5.69 Å². The molecule has 2 N–H and O–H groups in total. The maximum Gasteiger partial charge on any atom is 0.260 e. The van der Waals surface area contributed by atoms with E-state index in [0.717, 1.165) is 0 Å². The first-order valence-corrected chi connectivity index (χ1v) is 8.77. The van der Waals surface area contributed by atoms with Gasteiger partial charge in [0, 0.05) is 23.9 Å². The van der Waals surface area contributed by atoms with E-state index in [1.165, 1.54) is 7.11 Å². The van der Waals surface area contributed by atoms with Crippen molar-refractivity contribution < 1.29 is 18.8 Å². The zero-order valence-electron chi connectivity index (χ0n) is 17.4. The number of nitrogens with zero attached hydrogens (tertiary/aromatic N) is 2. The number of likely N-dealkylation sites (N-methyl/N-ethyl adjacent to an activating group) is 1. The summed E-state index contributed by atoms with van der Waals surface area (Å²) in [6.45, 7) is 7.55. The minimum Gasteiger partial charge on any atom is -0.493 e. The van der Waals surface area contributed by atoms with Gasteiger partial charge in [-0.2, -0.15) is 4.98 Å². The van der Waals surface area contributed by atoms with Crippen LogP contribution in [-0.4, -0.2) is 43.4 Å². The molecule has 0 aliphatic carbocycles. The molecular weight excluding hydrogens is 384 g/mol. The molecule has 1 aromatic carbocycles. The summed E-state index contributed by atoms with van der Waals surface area (Å²) in [5, 5.41) is 10.1. The molecule has 0 aliphatic rings. The second-order valence-corrected chi connectivity index (χ2v) is 7.37. The number of carbonyl (C=O) groups excluding carboxylic acids is 1. The van der Waals surface area contributed by atoms with Gasteiger partial charge in [-0.25, -0.2) is 0 Å². The van der Waals surface area contributed by atoms with Gasteiger partial charge in [0.15, 0.2) is 17.3 Å². The Morgan fingerprint density at radius 1 is 1.21 bits per heavy atom. The number of aromatic nitrogens is 2. The van der Waals surface area contributed by atoms with Crippen LogP contribution in [0, 0.1) is 5.41 Å². The van der Waals surface area contributed by atoms with E-state index in [2.05, 4.69) is 20.8 Å². The summed E-state index contributed by atoms with van der Waals surface area (Å²) in [4.78, 5) is 17.0. The molecule has 0 aliphatic heterocycles. The van der Waals surface area contributed by atoms with Gasteiger partial charge in [-0.1, -0.05) is 25.9 Å². The third kappa shape index (κ3) is 5.59. The molecule has 9 heteroatoms. The molecule has 0 bridgehead atoms. The van der Waals surface area contributed by atoms with Gasteiger partial charge in [0.25, 0.3) is 5.89 Å². The average Bonchev–Trinajstić information content (AvgIpc) is 3.08. The van der Waals surface area contributed by atoms with Crippen molar-refractivity contribution in [1.82, 2.24) is 15.5 Å². The number of rotatable bonds is 7. The number of amides is 1. The maximum atomic E-state index is 12.5. The second kappa shape index (κ2) is 9.75. The van der Waals surface area contributed by atoms with Gasteiger partial charge in [-0.3, -0.25) is 4.79 Å². The first-order chi connectivity index (χ1) is 12.7. The molecule has 0 fully saturated rings. The van der Waals surface area contributed by atoms with Crippen LogP contribution in [0.5, 0.6) is 11.5 Å². The summed E-state index contributed by atoms with van der Waals surface area (Å²) in [7, 11) is 4.96. The topological polar surface area (TPSA) is 98.5 Å². The quantitative estimate of drug-likeness (QED) is 0.719. The smallest absolute Gasteiger partial charge is 0.260 e. The van der Waals surface area contributed by atoms with E-state index in [-0.39, 0.29) is 24.4 Å². The van der Waals surface area contributed by atoms with Gasteiger partial charge in [0.2, 0.25) is 5.91 Å². The third-order valence-corrected chi connectivity index (χ3v) is 4.13. The molecule has 1 unspecified atom stereocenters. The molecule has 8 nitrogen and oxygen atoms in total. The summed E-state index contributed by atoms with van der Waals surface area (Å²) >= 11 is 0. The van der Waals surface area contributed by atoms with Crippen LogP contribution >= 0.6 is 12.4 Å². The van der Waals surface area contributed by atoms with Gasteiger partial charge in [-0.05, 0) is 20.0 Å². The van der Waals surface area contributed by atoms with Crippen LogP contribution < -0.4 is 20.1 Å². The fourth-order valence-corrected chi connectivity index (χ4v) is 2.29. The lowest BCUT2D eigenvalue weighted by Gasteiger charge is -2.20.